The molecule has 8 heteroatoms. The highest BCUT2D eigenvalue weighted by Gasteiger charge is 2.21. The smallest absolute Gasteiger partial charge is 0.263 e. The quantitative estimate of drug-likeness (QED) is 0.471. The van der Waals surface area contributed by atoms with Gasteiger partial charge < -0.3 is 5.32 Å². The van der Waals surface area contributed by atoms with Gasteiger partial charge in [0.1, 0.15) is 4.83 Å². The van der Waals surface area contributed by atoms with E-state index in [1.165, 1.54) is 23.1 Å². The van der Waals surface area contributed by atoms with E-state index < -0.39 is 0 Å². The summed E-state index contributed by atoms with van der Waals surface area (Å²) < 4.78 is 1.67. The SMILES string of the molecule is CCCNC(=O)[C@H](C)Sc1nc2scc(-c3cccs3)c2c(=O)n1CC. The van der Waals surface area contributed by atoms with Crippen molar-refractivity contribution < 1.29 is 4.79 Å². The second kappa shape index (κ2) is 8.37. The maximum atomic E-state index is 13.1. The van der Waals surface area contributed by atoms with E-state index in [4.69, 9.17) is 4.98 Å². The number of fused-ring (bicyclic) bond motifs is 1. The molecule has 0 aliphatic rings. The van der Waals surface area contributed by atoms with Gasteiger partial charge in [-0.2, -0.15) is 0 Å². The monoisotopic (exact) mass is 407 g/mol. The minimum absolute atomic E-state index is 0.0284. The average Bonchev–Trinajstić information content (AvgIpc) is 3.29. The number of thioether (sulfide) groups is 1. The predicted octanol–water partition coefficient (Wildman–Crippen LogP) is 4.21. The molecule has 3 aromatic heterocycles. The van der Waals surface area contributed by atoms with Crippen LogP contribution in [0.5, 0.6) is 0 Å². The molecule has 26 heavy (non-hydrogen) atoms. The van der Waals surface area contributed by atoms with E-state index >= 15 is 0 Å². The maximum Gasteiger partial charge on any atom is 0.263 e. The van der Waals surface area contributed by atoms with Gasteiger partial charge in [-0.15, -0.1) is 22.7 Å². The van der Waals surface area contributed by atoms with E-state index in [1.54, 1.807) is 15.9 Å². The molecule has 3 rings (SSSR count). The average molecular weight is 408 g/mol. The minimum Gasteiger partial charge on any atom is -0.355 e. The highest BCUT2D eigenvalue weighted by molar-refractivity contribution is 8.00. The Labute approximate surface area is 164 Å². The van der Waals surface area contributed by atoms with Crippen LogP contribution in [-0.2, 0) is 11.3 Å². The molecule has 5 nitrogen and oxygen atoms in total. The Morgan fingerprint density at radius 2 is 2.19 bits per heavy atom. The summed E-state index contributed by atoms with van der Waals surface area (Å²) in [5.41, 5.74) is 0.913. The van der Waals surface area contributed by atoms with Crippen LogP contribution in [0.15, 0.2) is 32.8 Å². The van der Waals surface area contributed by atoms with Crippen molar-refractivity contribution in [1.29, 1.82) is 0 Å². The van der Waals surface area contributed by atoms with Gasteiger partial charge in [0.25, 0.3) is 5.56 Å². The Hall–Kier alpha value is -1.64. The van der Waals surface area contributed by atoms with Gasteiger partial charge in [-0.1, -0.05) is 24.8 Å². The van der Waals surface area contributed by atoms with Gasteiger partial charge >= 0.3 is 0 Å². The Morgan fingerprint density at radius 1 is 1.38 bits per heavy atom. The van der Waals surface area contributed by atoms with Crippen molar-refractivity contribution in [3.05, 3.63) is 33.2 Å². The lowest BCUT2D eigenvalue weighted by molar-refractivity contribution is -0.120. The summed E-state index contributed by atoms with van der Waals surface area (Å²) in [5.74, 6) is -0.0284. The van der Waals surface area contributed by atoms with Crippen LogP contribution in [0.2, 0.25) is 0 Å². The number of hydrogen-bond donors (Lipinski definition) is 1. The van der Waals surface area contributed by atoms with Crippen molar-refractivity contribution in [3.63, 3.8) is 0 Å². The maximum absolute atomic E-state index is 13.1. The Morgan fingerprint density at radius 3 is 2.85 bits per heavy atom. The largest absolute Gasteiger partial charge is 0.355 e. The fourth-order valence-electron chi connectivity index (χ4n) is 2.59. The van der Waals surface area contributed by atoms with E-state index in [0.29, 0.717) is 23.6 Å². The number of carbonyl (C=O) groups excluding carboxylic acids is 1. The van der Waals surface area contributed by atoms with Crippen LogP contribution in [0, 0.1) is 0 Å². The number of rotatable bonds is 7. The summed E-state index contributed by atoms with van der Waals surface area (Å²) in [6.07, 6.45) is 0.897. The highest BCUT2D eigenvalue weighted by atomic mass is 32.2. The van der Waals surface area contributed by atoms with Crippen LogP contribution in [0.3, 0.4) is 0 Å². The third-order valence-corrected chi connectivity index (χ3v) is 6.83. The molecular formula is C18H21N3O2S3. The van der Waals surface area contributed by atoms with Crippen molar-refractivity contribution in [2.75, 3.05) is 6.54 Å². The fraction of sp³-hybridized carbons (Fsp3) is 0.389. The standard InChI is InChI=1S/C18H21N3O2S3/c1-4-8-19-15(22)11(3)26-18-20-16-14(17(23)21(18)5-2)12(10-25-16)13-7-6-9-24-13/h6-7,9-11H,4-5,8H2,1-3H3,(H,19,22)/t11-/m0/s1. The van der Waals surface area contributed by atoms with E-state index in [9.17, 15) is 9.59 Å². The molecule has 0 aliphatic carbocycles. The third kappa shape index (κ3) is 3.72. The Bertz CT molecular complexity index is 960. The topological polar surface area (TPSA) is 64.0 Å². The van der Waals surface area contributed by atoms with Crippen LogP contribution < -0.4 is 10.9 Å². The second-order valence-corrected chi connectivity index (χ2v) is 8.92. The second-order valence-electron chi connectivity index (χ2n) is 5.80. The van der Waals surface area contributed by atoms with Crippen molar-refractivity contribution in [3.8, 4) is 10.4 Å². The fourth-order valence-corrected chi connectivity index (χ4v) is 5.39. The predicted molar refractivity (Wildman–Crippen MR) is 111 cm³/mol. The molecule has 0 aliphatic heterocycles. The molecule has 138 valence electrons. The zero-order valence-electron chi connectivity index (χ0n) is 14.9. The number of amides is 1. The van der Waals surface area contributed by atoms with Crippen LogP contribution in [0.4, 0.5) is 0 Å². The Balaban J connectivity index is 2.00. The van der Waals surface area contributed by atoms with Crippen LogP contribution in [-0.4, -0.2) is 27.3 Å². The number of aromatic nitrogens is 2. The van der Waals surface area contributed by atoms with E-state index in [-0.39, 0.29) is 16.7 Å². The first-order chi connectivity index (χ1) is 12.6. The normalized spacial score (nSPS) is 12.4. The molecular weight excluding hydrogens is 386 g/mol. The molecule has 1 N–H and O–H groups in total. The van der Waals surface area contributed by atoms with E-state index in [1.807, 2.05) is 43.7 Å². The number of carbonyl (C=O) groups is 1. The van der Waals surface area contributed by atoms with Gasteiger partial charge in [0, 0.05) is 28.9 Å². The first-order valence-electron chi connectivity index (χ1n) is 8.57. The zero-order valence-corrected chi connectivity index (χ0v) is 17.4. The van der Waals surface area contributed by atoms with Crippen LogP contribution >= 0.6 is 34.4 Å². The van der Waals surface area contributed by atoms with Gasteiger partial charge in [0.05, 0.1) is 10.6 Å². The van der Waals surface area contributed by atoms with Crippen molar-refractivity contribution in [1.82, 2.24) is 14.9 Å². The van der Waals surface area contributed by atoms with Gasteiger partial charge in [-0.3, -0.25) is 14.2 Å². The van der Waals surface area contributed by atoms with E-state index in [0.717, 1.165) is 21.7 Å². The molecule has 0 aromatic carbocycles. The molecule has 3 aromatic rings. The van der Waals surface area contributed by atoms with Crippen molar-refractivity contribution >= 4 is 50.6 Å². The molecule has 0 unspecified atom stereocenters. The first-order valence-corrected chi connectivity index (χ1v) is 11.2. The summed E-state index contributed by atoms with van der Waals surface area (Å²) in [5, 5.41) is 7.86. The number of hydrogen-bond acceptors (Lipinski definition) is 6. The van der Waals surface area contributed by atoms with Crippen LogP contribution in [0.1, 0.15) is 27.2 Å². The number of nitrogens with zero attached hydrogens (tertiary/aromatic N) is 2. The van der Waals surface area contributed by atoms with Gasteiger partial charge in [-0.05, 0) is 31.7 Å². The summed E-state index contributed by atoms with van der Waals surface area (Å²) in [7, 11) is 0. The minimum atomic E-state index is -0.305. The summed E-state index contributed by atoms with van der Waals surface area (Å²) in [4.78, 5) is 31.8. The van der Waals surface area contributed by atoms with Crippen molar-refractivity contribution in [2.24, 2.45) is 0 Å². The van der Waals surface area contributed by atoms with E-state index in [2.05, 4.69) is 5.32 Å². The lowest BCUT2D eigenvalue weighted by atomic mass is 10.2. The molecule has 0 bridgehead atoms. The van der Waals surface area contributed by atoms with Gasteiger partial charge in [0.15, 0.2) is 5.16 Å². The number of nitrogens with one attached hydrogen (secondary N) is 1. The summed E-state index contributed by atoms with van der Waals surface area (Å²) >= 11 is 4.43. The molecule has 3 heterocycles. The summed E-state index contributed by atoms with van der Waals surface area (Å²) in [6, 6.07) is 4.00. The van der Waals surface area contributed by atoms with Crippen LogP contribution in [0.25, 0.3) is 20.7 Å². The molecule has 0 saturated carbocycles. The molecule has 0 fully saturated rings. The lowest BCUT2D eigenvalue weighted by Gasteiger charge is -2.14. The lowest BCUT2D eigenvalue weighted by Crippen LogP contribution is -2.32. The highest BCUT2D eigenvalue weighted by Crippen LogP contribution is 2.35. The molecule has 0 spiro atoms. The third-order valence-electron chi connectivity index (χ3n) is 3.96. The Kier molecular flexibility index (Phi) is 6.16. The first kappa shape index (κ1) is 19.1. The summed E-state index contributed by atoms with van der Waals surface area (Å²) in [6.45, 7) is 6.97. The molecule has 0 saturated heterocycles. The van der Waals surface area contributed by atoms with Gasteiger partial charge in [-0.25, -0.2) is 4.98 Å². The molecule has 0 radical (unpaired) electrons. The zero-order chi connectivity index (χ0) is 18.7. The number of thiophene rings is 2. The molecule has 1 atom stereocenters. The van der Waals surface area contributed by atoms with Crippen molar-refractivity contribution in [2.45, 2.75) is 44.1 Å². The molecule has 1 amide bonds. The van der Waals surface area contributed by atoms with Gasteiger partial charge in [0.2, 0.25) is 5.91 Å².